The Bertz CT molecular complexity index is 1070. The summed E-state index contributed by atoms with van der Waals surface area (Å²) in [6.45, 7) is 4.89. The van der Waals surface area contributed by atoms with Crippen LogP contribution in [0.5, 0.6) is 5.75 Å². The summed E-state index contributed by atoms with van der Waals surface area (Å²) in [6.07, 6.45) is 0. The number of amides is 1. The van der Waals surface area contributed by atoms with Crippen molar-refractivity contribution in [3.63, 3.8) is 0 Å². The predicted molar refractivity (Wildman–Crippen MR) is 126 cm³/mol. The first kappa shape index (κ1) is 23.1. The maximum absolute atomic E-state index is 13.7. The number of thioether (sulfide) groups is 1. The van der Waals surface area contributed by atoms with Crippen LogP contribution < -0.4 is 9.04 Å². The van der Waals surface area contributed by atoms with Crippen LogP contribution in [0.25, 0.3) is 0 Å². The molecule has 0 N–H and O–H groups in total. The van der Waals surface area contributed by atoms with Crippen molar-refractivity contribution in [1.82, 2.24) is 4.90 Å². The molecule has 1 amide bonds. The van der Waals surface area contributed by atoms with Crippen LogP contribution in [0.3, 0.4) is 0 Å². The van der Waals surface area contributed by atoms with E-state index in [2.05, 4.69) is 4.99 Å². The molecule has 31 heavy (non-hydrogen) atoms. The maximum atomic E-state index is 13.7. The Kier molecular flexibility index (Phi) is 7.61. The van der Waals surface area contributed by atoms with E-state index in [4.69, 9.17) is 4.74 Å². The number of benzene rings is 2. The third kappa shape index (κ3) is 5.22. The fourth-order valence-electron chi connectivity index (χ4n) is 3.34. The molecule has 0 saturated carbocycles. The zero-order chi connectivity index (χ0) is 22.4. The Balaban J connectivity index is 2.00. The lowest BCUT2D eigenvalue weighted by molar-refractivity contribution is -0.128. The first-order valence-electron chi connectivity index (χ1n) is 10.0. The zero-order valence-electron chi connectivity index (χ0n) is 17.9. The number of nitrogens with zero attached hydrogens (tertiary/aromatic N) is 3. The average Bonchev–Trinajstić information content (AvgIpc) is 3.29. The molecule has 2 aromatic rings. The second-order valence-corrected chi connectivity index (χ2v) is 9.98. The molecule has 0 aromatic heterocycles. The van der Waals surface area contributed by atoms with Gasteiger partial charge in [-0.15, -0.1) is 11.8 Å². The first-order chi connectivity index (χ1) is 14.9. The molecule has 0 atom stereocenters. The minimum absolute atomic E-state index is 0.160. The van der Waals surface area contributed by atoms with Gasteiger partial charge in [-0.05, 0) is 37.6 Å². The van der Waals surface area contributed by atoms with Gasteiger partial charge in [-0.25, -0.2) is 8.42 Å². The van der Waals surface area contributed by atoms with Crippen LogP contribution in [0.2, 0.25) is 0 Å². The van der Waals surface area contributed by atoms with Gasteiger partial charge in [0.25, 0.3) is 10.0 Å². The van der Waals surface area contributed by atoms with Crippen molar-refractivity contribution in [3.05, 3.63) is 54.1 Å². The van der Waals surface area contributed by atoms with Crippen LogP contribution in [-0.2, 0) is 14.8 Å². The summed E-state index contributed by atoms with van der Waals surface area (Å²) in [4.78, 5) is 19.4. The first-order valence-corrected chi connectivity index (χ1v) is 12.5. The molecule has 1 aliphatic heterocycles. The average molecular weight is 462 g/mol. The van der Waals surface area contributed by atoms with Crippen molar-refractivity contribution in [1.29, 1.82) is 0 Å². The van der Waals surface area contributed by atoms with E-state index in [1.807, 2.05) is 6.92 Å². The van der Waals surface area contributed by atoms with Gasteiger partial charge in [0.2, 0.25) is 5.91 Å². The van der Waals surface area contributed by atoms with Crippen LogP contribution >= 0.6 is 11.8 Å². The lowest BCUT2D eigenvalue weighted by atomic mass is 10.2. The van der Waals surface area contributed by atoms with Gasteiger partial charge in [-0.1, -0.05) is 30.3 Å². The number of ether oxygens (including phenoxy) is 1. The number of hydrogen-bond acceptors (Lipinski definition) is 6. The van der Waals surface area contributed by atoms with E-state index < -0.39 is 10.0 Å². The van der Waals surface area contributed by atoms with Crippen molar-refractivity contribution in [2.45, 2.75) is 18.7 Å². The van der Waals surface area contributed by atoms with Gasteiger partial charge >= 0.3 is 0 Å². The number of carbonyl (C=O) groups excluding carboxylic acids is 1. The molecular formula is C22H27N3O4S2. The molecule has 0 bridgehead atoms. The number of para-hydroxylation sites is 2. The fourth-order valence-corrected chi connectivity index (χ4v) is 5.84. The third-order valence-corrected chi connectivity index (χ3v) is 7.90. The molecule has 0 fully saturated rings. The maximum Gasteiger partial charge on any atom is 0.265 e. The van der Waals surface area contributed by atoms with Gasteiger partial charge in [0.15, 0.2) is 0 Å². The molecule has 1 heterocycles. The molecule has 0 aliphatic carbocycles. The second kappa shape index (κ2) is 10.2. The number of hydrogen-bond donors (Lipinski definition) is 0. The van der Waals surface area contributed by atoms with Gasteiger partial charge < -0.3 is 9.64 Å². The standard InChI is InChI=1S/C22H27N3O4S2/c1-4-24(15-21-23-13-14-30-21)22(26)16-25(18-10-6-7-11-19(18)29-3)31(27,28)20-12-8-5-9-17(20)2/h5-12H,4,13-16H2,1-3H3. The van der Waals surface area contributed by atoms with Crippen LogP contribution in [0.1, 0.15) is 12.5 Å². The summed E-state index contributed by atoms with van der Waals surface area (Å²) in [7, 11) is -2.53. The van der Waals surface area contributed by atoms with E-state index >= 15 is 0 Å². The van der Waals surface area contributed by atoms with Gasteiger partial charge in [0, 0.05) is 18.8 Å². The number of methoxy groups -OCH3 is 1. The highest BCUT2D eigenvalue weighted by molar-refractivity contribution is 8.14. The van der Waals surface area contributed by atoms with Gasteiger partial charge in [0.1, 0.15) is 12.3 Å². The third-order valence-electron chi connectivity index (χ3n) is 5.00. The molecule has 166 valence electrons. The van der Waals surface area contributed by atoms with E-state index in [9.17, 15) is 13.2 Å². The van der Waals surface area contributed by atoms with Gasteiger partial charge in [-0.3, -0.25) is 14.1 Å². The van der Waals surface area contributed by atoms with Crippen molar-refractivity contribution >= 4 is 38.4 Å². The topological polar surface area (TPSA) is 79.3 Å². The van der Waals surface area contributed by atoms with E-state index in [-0.39, 0.29) is 17.3 Å². The fraction of sp³-hybridized carbons (Fsp3) is 0.364. The lowest BCUT2D eigenvalue weighted by Crippen LogP contribution is -2.44. The normalized spacial score (nSPS) is 13.6. The number of sulfonamides is 1. The quantitative estimate of drug-likeness (QED) is 0.573. The SMILES string of the molecule is CCN(CC1=NCCS1)C(=O)CN(c1ccccc1OC)S(=O)(=O)c1ccccc1C. The van der Waals surface area contributed by atoms with Crippen LogP contribution in [0, 0.1) is 6.92 Å². The Labute approximate surface area is 188 Å². The summed E-state index contributed by atoms with van der Waals surface area (Å²) in [5, 5.41) is 0.904. The molecule has 7 nitrogen and oxygen atoms in total. The Hall–Kier alpha value is -2.52. The van der Waals surface area contributed by atoms with E-state index in [1.54, 1.807) is 72.1 Å². The number of carbonyl (C=O) groups is 1. The van der Waals surface area contributed by atoms with Crippen LogP contribution in [0.4, 0.5) is 5.69 Å². The molecule has 3 rings (SSSR count). The van der Waals surface area contributed by atoms with Crippen molar-refractivity contribution < 1.29 is 17.9 Å². The molecule has 0 saturated heterocycles. The van der Waals surface area contributed by atoms with E-state index in [1.165, 1.54) is 7.11 Å². The van der Waals surface area contributed by atoms with Gasteiger partial charge in [0.05, 0.1) is 29.3 Å². The Morgan fingerprint density at radius 3 is 2.52 bits per heavy atom. The summed E-state index contributed by atoms with van der Waals surface area (Å²) < 4.78 is 33.9. The molecule has 0 spiro atoms. The van der Waals surface area contributed by atoms with Crippen LogP contribution in [0.15, 0.2) is 58.4 Å². The second-order valence-electron chi connectivity index (χ2n) is 6.98. The monoisotopic (exact) mass is 461 g/mol. The summed E-state index contributed by atoms with van der Waals surface area (Å²) in [6, 6.07) is 13.6. The van der Waals surface area contributed by atoms with E-state index in [0.29, 0.717) is 30.1 Å². The summed E-state index contributed by atoms with van der Waals surface area (Å²) in [5.74, 6) is 1.00. The molecule has 2 aromatic carbocycles. The lowest BCUT2D eigenvalue weighted by Gasteiger charge is -2.29. The summed E-state index contributed by atoms with van der Waals surface area (Å²) >= 11 is 1.63. The molecule has 0 radical (unpaired) electrons. The van der Waals surface area contributed by atoms with Gasteiger partial charge in [-0.2, -0.15) is 0 Å². The predicted octanol–water partition coefficient (Wildman–Crippen LogP) is 3.19. The highest BCUT2D eigenvalue weighted by Crippen LogP contribution is 2.33. The number of likely N-dealkylation sites (N-methyl/N-ethyl adjacent to an activating group) is 1. The minimum Gasteiger partial charge on any atom is -0.495 e. The largest absolute Gasteiger partial charge is 0.495 e. The highest BCUT2D eigenvalue weighted by Gasteiger charge is 2.31. The van der Waals surface area contributed by atoms with Crippen molar-refractivity contribution in [2.24, 2.45) is 4.99 Å². The molecule has 1 aliphatic rings. The minimum atomic E-state index is -4.01. The van der Waals surface area contributed by atoms with Crippen LogP contribution in [-0.4, -0.2) is 63.3 Å². The molecular weight excluding hydrogens is 434 g/mol. The number of anilines is 1. The number of rotatable bonds is 9. The highest BCUT2D eigenvalue weighted by atomic mass is 32.2. The molecule has 0 unspecified atom stereocenters. The molecule has 9 heteroatoms. The van der Waals surface area contributed by atoms with Crippen molar-refractivity contribution in [3.8, 4) is 5.75 Å². The summed E-state index contributed by atoms with van der Waals surface area (Å²) in [5.41, 5.74) is 0.934. The zero-order valence-corrected chi connectivity index (χ0v) is 19.6. The van der Waals surface area contributed by atoms with E-state index in [0.717, 1.165) is 21.6 Å². The van der Waals surface area contributed by atoms with Crippen molar-refractivity contribution in [2.75, 3.05) is 43.3 Å². The number of aryl methyl sites for hydroxylation is 1. The Morgan fingerprint density at radius 1 is 1.16 bits per heavy atom. The Morgan fingerprint density at radius 2 is 1.87 bits per heavy atom. The number of aliphatic imine (C=N–C) groups is 1. The smallest absolute Gasteiger partial charge is 0.265 e.